The Bertz CT molecular complexity index is 579. The van der Waals surface area contributed by atoms with Crippen LogP contribution in [0.2, 0.25) is 0 Å². The number of oxazole rings is 1. The Morgan fingerprint density at radius 2 is 2.50 bits per heavy atom. The number of hydrogen-bond donors (Lipinski definition) is 1. The van der Waals surface area contributed by atoms with E-state index in [2.05, 4.69) is 22.2 Å². The number of nitrogens with one attached hydrogen (secondary N) is 1. The number of likely N-dealkylation sites (tertiary alicyclic amines) is 1. The molecule has 0 aliphatic carbocycles. The van der Waals surface area contributed by atoms with Gasteiger partial charge in [-0.05, 0) is 37.9 Å². The molecule has 0 bridgehead atoms. The summed E-state index contributed by atoms with van der Waals surface area (Å²) in [7, 11) is 2.07. The van der Waals surface area contributed by atoms with E-state index in [-0.39, 0.29) is 11.9 Å². The van der Waals surface area contributed by atoms with Gasteiger partial charge in [-0.15, -0.1) is 11.3 Å². The maximum atomic E-state index is 12.3. The highest BCUT2D eigenvalue weighted by Gasteiger charge is 2.24. The van der Waals surface area contributed by atoms with Crippen LogP contribution in [0.3, 0.4) is 0 Å². The highest BCUT2D eigenvalue weighted by Crippen LogP contribution is 2.27. The summed E-state index contributed by atoms with van der Waals surface area (Å²) in [4.78, 5) is 19.6. The number of aromatic nitrogens is 1. The fraction of sp³-hybridized carbons (Fsp3) is 0.429. The summed E-state index contributed by atoms with van der Waals surface area (Å²) in [5.74, 6) is 0.407. The molecule has 3 heterocycles. The Hall–Kier alpha value is -1.66. The summed E-state index contributed by atoms with van der Waals surface area (Å²) >= 11 is 1.54. The Morgan fingerprint density at radius 3 is 3.25 bits per heavy atom. The van der Waals surface area contributed by atoms with Crippen LogP contribution in [-0.4, -0.2) is 42.0 Å². The average Bonchev–Trinajstić information content (AvgIpc) is 3.09. The van der Waals surface area contributed by atoms with E-state index < -0.39 is 0 Å². The first-order valence-electron chi connectivity index (χ1n) is 6.71. The summed E-state index contributed by atoms with van der Waals surface area (Å²) in [5.41, 5.74) is 0.376. The van der Waals surface area contributed by atoms with Crippen molar-refractivity contribution >= 4 is 17.2 Å². The molecule has 20 heavy (non-hydrogen) atoms. The van der Waals surface area contributed by atoms with Crippen molar-refractivity contribution in [2.24, 2.45) is 0 Å². The standard InChI is InChI=1S/C14H17N3O2S/c1-17-6-2-4-10(8-17)16-14(18)12-13(19-9-15-12)11-5-3-7-20-11/h3,5,7,9-10H,2,4,6,8H2,1H3,(H,16,18)/t10-/m0/s1. The first-order chi connectivity index (χ1) is 9.74. The minimum Gasteiger partial charge on any atom is -0.442 e. The lowest BCUT2D eigenvalue weighted by molar-refractivity contribution is 0.0908. The van der Waals surface area contributed by atoms with Gasteiger partial charge in [0, 0.05) is 12.6 Å². The number of likely N-dealkylation sites (N-methyl/N-ethyl adjacent to an activating group) is 1. The molecule has 0 aromatic carbocycles. The van der Waals surface area contributed by atoms with Crippen LogP contribution in [0.1, 0.15) is 23.3 Å². The highest BCUT2D eigenvalue weighted by molar-refractivity contribution is 7.13. The highest BCUT2D eigenvalue weighted by atomic mass is 32.1. The molecule has 1 saturated heterocycles. The van der Waals surface area contributed by atoms with Crippen LogP contribution >= 0.6 is 11.3 Å². The predicted molar refractivity (Wildman–Crippen MR) is 77.8 cm³/mol. The molecule has 6 heteroatoms. The van der Waals surface area contributed by atoms with E-state index in [0.717, 1.165) is 30.8 Å². The number of carbonyl (C=O) groups is 1. The van der Waals surface area contributed by atoms with Crippen LogP contribution in [0, 0.1) is 0 Å². The third-order valence-corrected chi connectivity index (χ3v) is 4.36. The molecule has 1 aliphatic rings. The molecule has 0 radical (unpaired) electrons. The SMILES string of the molecule is CN1CCC[C@H](NC(=O)c2ncoc2-c2cccs2)C1. The van der Waals surface area contributed by atoms with Crippen LogP contribution < -0.4 is 5.32 Å². The van der Waals surface area contributed by atoms with Crippen molar-refractivity contribution in [2.45, 2.75) is 18.9 Å². The first-order valence-corrected chi connectivity index (χ1v) is 7.59. The lowest BCUT2D eigenvalue weighted by Crippen LogP contribution is -2.46. The van der Waals surface area contributed by atoms with E-state index in [4.69, 9.17) is 4.42 Å². The molecule has 1 fully saturated rings. The second-order valence-electron chi connectivity index (χ2n) is 5.08. The molecule has 0 spiro atoms. The molecular weight excluding hydrogens is 274 g/mol. The molecule has 106 valence electrons. The quantitative estimate of drug-likeness (QED) is 0.942. The lowest BCUT2D eigenvalue weighted by atomic mass is 10.1. The molecule has 0 unspecified atom stereocenters. The fourth-order valence-electron chi connectivity index (χ4n) is 2.53. The van der Waals surface area contributed by atoms with Gasteiger partial charge >= 0.3 is 0 Å². The Labute approximate surface area is 121 Å². The van der Waals surface area contributed by atoms with Crippen LogP contribution in [0.5, 0.6) is 0 Å². The summed E-state index contributed by atoms with van der Waals surface area (Å²) in [6.45, 7) is 1.98. The van der Waals surface area contributed by atoms with E-state index >= 15 is 0 Å². The zero-order valence-electron chi connectivity index (χ0n) is 11.3. The van der Waals surface area contributed by atoms with Crippen molar-refractivity contribution in [3.05, 3.63) is 29.6 Å². The average molecular weight is 291 g/mol. The number of piperidine rings is 1. The third-order valence-electron chi connectivity index (χ3n) is 3.49. The summed E-state index contributed by atoms with van der Waals surface area (Å²) in [6.07, 6.45) is 3.46. The van der Waals surface area contributed by atoms with Crippen LogP contribution in [0.15, 0.2) is 28.3 Å². The first kappa shape index (κ1) is 13.3. The van der Waals surface area contributed by atoms with Gasteiger partial charge in [0.05, 0.1) is 4.88 Å². The minimum absolute atomic E-state index is 0.151. The molecule has 3 rings (SSSR count). The predicted octanol–water partition coefficient (Wildman–Crippen LogP) is 2.23. The van der Waals surface area contributed by atoms with Gasteiger partial charge in [0.1, 0.15) is 0 Å². The maximum Gasteiger partial charge on any atom is 0.274 e. The number of rotatable bonds is 3. The smallest absolute Gasteiger partial charge is 0.274 e. The molecule has 2 aromatic rings. The van der Waals surface area contributed by atoms with E-state index in [1.807, 2.05) is 17.5 Å². The van der Waals surface area contributed by atoms with Gasteiger partial charge in [0.15, 0.2) is 17.8 Å². The van der Waals surface area contributed by atoms with E-state index in [9.17, 15) is 4.79 Å². The maximum absolute atomic E-state index is 12.3. The van der Waals surface area contributed by atoms with Gasteiger partial charge in [-0.1, -0.05) is 6.07 Å². The van der Waals surface area contributed by atoms with Gasteiger partial charge in [0.25, 0.3) is 5.91 Å². The van der Waals surface area contributed by atoms with E-state index in [0.29, 0.717) is 11.5 Å². The fourth-order valence-corrected chi connectivity index (χ4v) is 3.24. The van der Waals surface area contributed by atoms with Crippen molar-refractivity contribution < 1.29 is 9.21 Å². The Kier molecular flexibility index (Phi) is 3.84. The minimum atomic E-state index is -0.151. The van der Waals surface area contributed by atoms with Gasteiger partial charge < -0.3 is 14.6 Å². The second kappa shape index (κ2) is 5.76. The van der Waals surface area contributed by atoms with Crippen molar-refractivity contribution in [1.29, 1.82) is 0 Å². The van der Waals surface area contributed by atoms with Gasteiger partial charge in [-0.3, -0.25) is 4.79 Å². The van der Waals surface area contributed by atoms with Gasteiger partial charge in [-0.25, -0.2) is 4.98 Å². The van der Waals surface area contributed by atoms with Crippen molar-refractivity contribution in [3.8, 4) is 10.6 Å². The summed E-state index contributed by atoms with van der Waals surface area (Å²) < 4.78 is 5.37. The normalized spacial score (nSPS) is 19.9. The van der Waals surface area contributed by atoms with Crippen LogP contribution in [0.4, 0.5) is 0 Å². The molecule has 2 aromatic heterocycles. The lowest BCUT2D eigenvalue weighted by Gasteiger charge is -2.29. The third kappa shape index (κ3) is 2.76. The van der Waals surface area contributed by atoms with Crippen LogP contribution in [-0.2, 0) is 0 Å². The summed E-state index contributed by atoms with van der Waals surface area (Å²) in [6, 6.07) is 4.05. The monoisotopic (exact) mass is 291 g/mol. The van der Waals surface area contributed by atoms with Gasteiger partial charge in [-0.2, -0.15) is 0 Å². The van der Waals surface area contributed by atoms with Gasteiger partial charge in [0.2, 0.25) is 0 Å². The number of amides is 1. The Morgan fingerprint density at radius 1 is 1.60 bits per heavy atom. The molecule has 5 nitrogen and oxygen atoms in total. The molecule has 1 aliphatic heterocycles. The topological polar surface area (TPSA) is 58.4 Å². The molecular formula is C14H17N3O2S. The number of carbonyl (C=O) groups excluding carboxylic acids is 1. The van der Waals surface area contributed by atoms with E-state index in [1.54, 1.807) is 0 Å². The number of thiophene rings is 1. The molecule has 1 N–H and O–H groups in total. The zero-order valence-corrected chi connectivity index (χ0v) is 12.2. The van der Waals surface area contributed by atoms with Crippen molar-refractivity contribution in [2.75, 3.05) is 20.1 Å². The van der Waals surface area contributed by atoms with Crippen molar-refractivity contribution in [3.63, 3.8) is 0 Å². The Balaban J connectivity index is 1.73. The van der Waals surface area contributed by atoms with Crippen LogP contribution in [0.25, 0.3) is 10.6 Å². The summed E-state index contributed by atoms with van der Waals surface area (Å²) in [5, 5.41) is 5.01. The number of hydrogen-bond acceptors (Lipinski definition) is 5. The van der Waals surface area contributed by atoms with Crippen molar-refractivity contribution in [1.82, 2.24) is 15.2 Å². The molecule has 1 atom stereocenters. The molecule has 1 amide bonds. The number of nitrogens with zero attached hydrogens (tertiary/aromatic N) is 2. The van der Waals surface area contributed by atoms with E-state index in [1.165, 1.54) is 17.7 Å². The zero-order chi connectivity index (χ0) is 13.9. The largest absolute Gasteiger partial charge is 0.442 e. The molecule has 0 saturated carbocycles. The second-order valence-corrected chi connectivity index (χ2v) is 6.03.